The largest absolute Gasteiger partial charge is 0.465 e. The summed E-state index contributed by atoms with van der Waals surface area (Å²) in [6.45, 7) is 3.08. The first-order valence-corrected chi connectivity index (χ1v) is 10.8. The second-order valence-corrected chi connectivity index (χ2v) is 8.28. The first-order valence-electron chi connectivity index (χ1n) is 9.97. The molecule has 2 N–H and O–H groups in total. The lowest BCUT2D eigenvalue weighted by atomic mass is 10.1. The molecule has 2 heterocycles. The van der Waals surface area contributed by atoms with Crippen LogP contribution in [0.3, 0.4) is 0 Å². The van der Waals surface area contributed by atoms with Crippen LogP contribution in [0.5, 0.6) is 0 Å². The summed E-state index contributed by atoms with van der Waals surface area (Å²) in [6.07, 6.45) is 1.80. The lowest BCUT2D eigenvalue weighted by Gasteiger charge is -2.33. The molecule has 1 atom stereocenters. The summed E-state index contributed by atoms with van der Waals surface area (Å²) < 4.78 is 8.14. The minimum absolute atomic E-state index is 0.0117. The first-order chi connectivity index (χ1) is 14.8. The maximum atomic E-state index is 13.3. The number of hydrogen-bond donors (Lipinski definition) is 1. The summed E-state index contributed by atoms with van der Waals surface area (Å²) in [4.78, 5) is 40.5. The van der Waals surface area contributed by atoms with Gasteiger partial charge in [0.25, 0.3) is 5.56 Å². The van der Waals surface area contributed by atoms with Gasteiger partial charge in [0, 0.05) is 29.7 Å². The lowest BCUT2D eigenvalue weighted by Crippen LogP contribution is -2.48. The quantitative estimate of drug-likeness (QED) is 0.506. The van der Waals surface area contributed by atoms with Crippen LogP contribution in [0, 0.1) is 11.8 Å². The number of carbonyl (C=O) groups is 1. The van der Waals surface area contributed by atoms with Gasteiger partial charge in [-0.2, -0.15) is 0 Å². The Morgan fingerprint density at radius 1 is 1.29 bits per heavy atom. The smallest absolute Gasteiger partial charge is 0.338 e. The minimum atomic E-state index is -0.541. The van der Waals surface area contributed by atoms with E-state index in [2.05, 4.69) is 27.8 Å². The molecule has 0 aliphatic carbocycles. The minimum Gasteiger partial charge on any atom is -0.465 e. The Morgan fingerprint density at radius 3 is 2.74 bits per heavy atom. The van der Waals surface area contributed by atoms with Crippen LogP contribution in [0.1, 0.15) is 35.7 Å². The zero-order chi connectivity index (χ0) is 22.5. The highest BCUT2D eigenvalue weighted by molar-refractivity contribution is 9.10. The highest BCUT2D eigenvalue weighted by atomic mass is 79.9. The standard InChI is InChI=1S/C22H25BrN4O4/c1-3-4-10-26-19(25-9-5-6-17(24)14-25)12-20(28)27(22(26)30)13-15-7-8-16(23)11-18(15)21(29)31-2/h7-8,11-12,17H,5-6,9-10,13-14,24H2,1-2H3/t17-/m1/s1. The summed E-state index contributed by atoms with van der Waals surface area (Å²) in [5, 5.41) is 0. The van der Waals surface area contributed by atoms with Gasteiger partial charge in [-0.15, -0.1) is 5.92 Å². The fourth-order valence-electron chi connectivity index (χ4n) is 3.69. The Bertz CT molecular complexity index is 1160. The van der Waals surface area contributed by atoms with Gasteiger partial charge in [0.15, 0.2) is 0 Å². The number of benzene rings is 1. The monoisotopic (exact) mass is 488 g/mol. The van der Waals surface area contributed by atoms with Crippen molar-refractivity contribution in [2.45, 2.75) is 38.9 Å². The predicted octanol–water partition coefficient (Wildman–Crippen LogP) is 1.56. The van der Waals surface area contributed by atoms with Gasteiger partial charge in [0.1, 0.15) is 5.82 Å². The summed E-state index contributed by atoms with van der Waals surface area (Å²) in [6, 6.07) is 6.49. The third-order valence-electron chi connectivity index (χ3n) is 5.26. The summed E-state index contributed by atoms with van der Waals surface area (Å²) in [5.41, 5.74) is 5.97. The molecule has 2 aromatic rings. The Morgan fingerprint density at radius 2 is 2.06 bits per heavy atom. The van der Waals surface area contributed by atoms with Gasteiger partial charge in [-0.05, 0) is 37.5 Å². The molecule has 1 fully saturated rings. The topological polar surface area (TPSA) is 99.6 Å². The third kappa shape index (κ3) is 5.09. The van der Waals surface area contributed by atoms with E-state index in [0.717, 1.165) is 24.0 Å². The van der Waals surface area contributed by atoms with E-state index in [-0.39, 0.29) is 24.7 Å². The second-order valence-electron chi connectivity index (χ2n) is 7.36. The Hall–Kier alpha value is -2.83. The van der Waals surface area contributed by atoms with Crippen LogP contribution >= 0.6 is 15.9 Å². The van der Waals surface area contributed by atoms with E-state index in [0.29, 0.717) is 22.4 Å². The van der Waals surface area contributed by atoms with Crippen LogP contribution in [0.2, 0.25) is 0 Å². The number of nitrogens with zero attached hydrogens (tertiary/aromatic N) is 3. The summed E-state index contributed by atoms with van der Waals surface area (Å²) in [5.74, 6) is 5.69. The molecule has 9 heteroatoms. The Kier molecular flexibility index (Phi) is 7.36. The van der Waals surface area contributed by atoms with Gasteiger partial charge < -0.3 is 15.4 Å². The van der Waals surface area contributed by atoms with Crippen LogP contribution in [0.15, 0.2) is 38.3 Å². The van der Waals surface area contributed by atoms with E-state index in [1.54, 1.807) is 25.1 Å². The molecule has 164 valence electrons. The molecular weight excluding hydrogens is 464 g/mol. The molecule has 8 nitrogen and oxygen atoms in total. The number of anilines is 1. The SMILES string of the molecule is CC#CCn1c(N2CCC[C@@H](N)C2)cc(=O)n(Cc2ccc(Br)cc2C(=O)OC)c1=O. The van der Waals surface area contributed by atoms with E-state index >= 15 is 0 Å². The predicted molar refractivity (Wildman–Crippen MR) is 122 cm³/mol. The van der Waals surface area contributed by atoms with Crippen LogP contribution in [0.25, 0.3) is 0 Å². The van der Waals surface area contributed by atoms with Crippen molar-refractivity contribution in [2.75, 3.05) is 25.1 Å². The number of carbonyl (C=O) groups excluding carboxylic acids is 1. The zero-order valence-electron chi connectivity index (χ0n) is 17.6. The fourth-order valence-corrected chi connectivity index (χ4v) is 4.05. The van der Waals surface area contributed by atoms with Crippen molar-refractivity contribution in [3.05, 3.63) is 60.7 Å². The lowest BCUT2D eigenvalue weighted by molar-refractivity contribution is 0.0599. The van der Waals surface area contributed by atoms with Gasteiger partial charge in [-0.25, -0.2) is 9.59 Å². The summed E-state index contributed by atoms with van der Waals surface area (Å²) >= 11 is 3.33. The molecule has 1 aliphatic heterocycles. The van der Waals surface area contributed by atoms with Gasteiger partial charge in [-0.1, -0.05) is 27.9 Å². The number of methoxy groups -OCH3 is 1. The van der Waals surface area contributed by atoms with Crippen molar-refractivity contribution in [1.82, 2.24) is 9.13 Å². The molecule has 0 saturated carbocycles. The molecule has 1 aromatic carbocycles. The number of esters is 1. The Labute approximate surface area is 188 Å². The van der Waals surface area contributed by atoms with Gasteiger partial charge in [0.2, 0.25) is 0 Å². The number of hydrogen-bond acceptors (Lipinski definition) is 6. The maximum Gasteiger partial charge on any atom is 0.338 e. The fraction of sp³-hybridized carbons (Fsp3) is 0.409. The van der Waals surface area contributed by atoms with Crippen molar-refractivity contribution in [3.63, 3.8) is 0 Å². The van der Waals surface area contributed by atoms with Crippen molar-refractivity contribution in [3.8, 4) is 11.8 Å². The second kappa shape index (κ2) is 9.98. The average molecular weight is 489 g/mol. The molecule has 0 bridgehead atoms. The molecule has 0 amide bonds. The molecule has 0 spiro atoms. The van der Waals surface area contributed by atoms with Crippen molar-refractivity contribution >= 4 is 27.7 Å². The molecule has 3 rings (SSSR count). The molecule has 0 unspecified atom stereocenters. The highest BCUT2D eigenvalue weighted by Crippen LogP contribution is 2.19. The number of nitrogens with two attached hydrogens (primary N) is 1. The maximum absolute atomic E-state index is 13.3. The third-order valence-corrected chi connectivity index (χ3v) is 5.75. The molecule has 31 heavy (non-hydrogen) atoms. The number of halogens is 1. The number of rotatable bonds is 5. The van der Waals surface area contributed by atoms with Gasteiger partial charge in [0.05, 0.1) is 25.8 Å². The Balaban J connectivity index is 2.10. The van der Waals surface area contributed by atoms with Gasteiger partial charge in [-0.3, -0.25) is 13.9 Å². The highest BCUT2D eigenvalue weighted by Gasteiger charge is 2.22. The number of ether oxygens (including phenoxy) is 1. The van der Waals surface area contributed by atoms with Crippen LogP contribution < -0.4 is 21.9 Å². The first kappa shape index (κ1) is 22.8. The molecule has 0 radical (unpaired) electrons. The normalized spacial score (nSPS) is 15.9. The summed E-state index contributed by atoms with van der Waals surface area (Å²) in [7, 11) is 1.29. The van der Waals surface area contributed by atoms with Crippen LogP contribution in [-0.4, -0.2) is 41.3 Å². The van der Waals surface area contributed by atoms with Crippen molar-refractivity contribution in [1.29, 1.82) is 0 Å². The van der Waals surface area contributed by atoms with Crippen molar-refractivity contribution in [2.24, 2.45) is 5.73 Å². The number of aromatic nitrogens is 2. The average Bonchev–Trinajstić information content (AvgIpc) is 2.76. The molecule has 1 aliphatic rings. The van der Waals surface area contributed by atoms with Gasteiger partial charge >= 0.3 is 11.7 Å². The molecule has 1 aromatic heterocycles. The molecule has 1 saturated heterocycles. The van der Waals surface area contributed by atoms with Crippen LogP contribution in [0.4, 0.5) is 5.82 Å². The van der Waals surface area contributed by atoms with E-state index in [1.807, 2.05) is 4.90 Å². The van der Waals surface area contributed by atoms with E-state index in [4.69, 9.17) is 10.5 Å². The van der Waals surface area contributed by atoms with Crippen LogP contribution in [-0.2, 0) is 17.8 Å². The van der Waals surface area contributed by atoms with E-state index in [9.17, 15) is 14.4 Å². The zero-order valence-corrected chi connectivity index (χ0v) is 19.1. The molecular formula is C22H25BrN4O4. The van der Waals surface area contributed by atoms with E-state index in [1.165, 1.54) is 17.7 Å². The van der Waals surface area contributed by atoms with E-state index < -0.39 is 17.2 Å². The number of piperidine rings is 1. The van der Waals surface area contributed by atoms with Crippen molar-refractivity contribution < 1.29 is 9.53 Å².